The van der Waals surface area contributed by atoms with Crippen molar-refractivity contribution in [3.05, 3.63) is 22.4 Å². The van der Waals surface area contributed by atoms with E-state index < -0.39 is 0 Å². The number of hydrogen-bond donors (Lipinski definition) is 0. The number of piperazine rings is 1. The van der Waals surface area contributed by atoms with Gasteiger partial charge in [-0.3, -0.25) is 14.6 Å². The van der Waals surface area contributed by atoms with Gasteiger partial charge in [-0.1, -0.05) is 6.07 Å². The zero-order valence-electron chi connectivity index (χ0n) is 14.5. The third kappa shape index (κ3) is 3.97. The molecular weight excluding hydrogens is 320 g/mol. The zero-order chi connectivity index (χ0) is 17.1. The number of nitrogens with zero attached hydrogens (tertiary/aromatic N) is 4. The highest BCUT2D eigenvalue weighted by Crippen LogP contribution is 2.34. The molecule has 2 heterocycles. The summed E-state index contributed by atoms with van der Waals surface area (Å²) in [5, 5.41) is 11.5. The number of rotatable bonds is 6. The van der Waals surface area contributed by atoms with Crippen LogP contribution in [0.1, 0.15) is 30.7 Å². The fourth-order valence-corrected chi connectivity index (χ4v) is 4.20. The summed E-state index contributed by atoms with van der Waals surface area (Å²) in [6, 6.07) is 6.73. The Morgan fingerprint density at radius 3 is 2.67 bits per heavy atom. The molecule has 1 saturated heterocycles. The van der Waals surface area contributed by atoms with Crippen LogP contribution in [-0.2, 0) is 4.79 Å². The van der Waals surface area contributed by atoms with Crippen molar-refractivity contribution in [1.29, 1.82) is 5.26 Å². The van der Waals surface area contributed by atoms with Gasteiger partial charge in [-0.05, 0) is 44.2 Å². The highest BCUT2D eigenvalue weighted by atomic mass is 32.1. The number of carbonyl (C=O) groups is 1. The van der Waals surface area contributed by atoms with Gasteiger partial charge >= 0.3 is 0 Å². The van der Waals surface area contributed by atoms with E-state index in [1.54, 1.807) is 11.3 Å². The molecule has 0 bridgehead atoms. The second kappa shape index (κ2) is 7.64. The van der Waals surface area contributed by atoms with Gasteiger partial charge in [-0.15, -0.1) is 11.3 Å². The first-order valence-electron chi connectivity index (χ1n) is 8.75. The van der Waals surface area contributed by atoms with Crippen LogP contribution in [0, 0.1) is 17.2 Å². The maximum absolute atomic E-state index is 12.5. The summed E-state index contributed by atoms with van der Waals surface area (Å²) in [5.74, 6) is 0.996. The lowest BCUT2D eigenvalue weighted by Gasteiger charge is -2.37. The van der Waals surface area contributed by atoms with Crippen molar-refractivity contribution in [3.63, 3.8) is 0 Å². The van der Waals surface area contributed by atoms with E-state index in [2.05, 4.69) is 29.8 Å². The zero-order valence-corrected chi connectivity index (χ0v) is 15.3. The fraction of sp³-hybridized carbons (Fsp3) is 0.667. The normalized spacial score (nSPS) is 21.5. The summed E-state index contributed by atoms with van der Waals surface area (Å²) in [7, 11) is 2.06. The minimum atomic E-state index is -0.181. The Morgan fingerprint density at radius 1 is 1.42 bits per heavy atom. The Bertz CT molecular complexity index is 585. The SMILES string of the molecule is CC(C1CC1)N(C)CC(=O)N1CCN(C(C#N)c2cccs2)CC1. The molecule has 1 aliphatic heterocycles. The highest BCUT2D eigenvalue weighted by molar-refractivity contribution is 7.10. The molecule has 2 atom stereocenters. The first-order valence-corrected chi connectivity index (χ1v) is 9.63. The van der Waals surface area contributed by atoms with E-state index in [0.717, 1.165) is 23.9 Å². The lowest BCUT2D eigenvalue weighted by Crippen LogP contribution is -2.52. The van der Waals surface area contributed by atoms with Gasteiger partial charge in [0.15, 0.2) is 0 Å². The van der Waals surface area contributed by atoms with Crippen molar-refractivity contribution >= 4 is 17.2 Å². The molecule has 24 heavy (non-hydrogen) atoms. The molecule has 130 valence electrons. The van der Waals surface area contributed by atoms with E-state index in [1.807, 2.05) is 22.4 Å². The van der Waals surface area contributed by atoms with Crippen LogP contribution in [0.4, 0.5) is 0 Å². The van der Waals surface area contributed by atoms with Gasteiger partial charge in [-0.2, -0.15) is 5.26 Å². The van der Waals surface area contributed by atoms with E-state index in [9.17, 15) is 10.1 Å². The highest BCUT2D eigenvalue weighted by Gasteiger charge is 2.32. The maximum atomic E-state index is 12.5. The van der Waals surface area contributed by atoms with Crippen LogP contribution in [0.5, 0.6) is 0 Å². The average molecular weight is 347 g/mol. The van der Waals surface area contributed by atoms with E-state index in [0.29, 0.717) is 25.7 Å². The Balaban J connectivity index is 1.49. The molecule has 2 unspecified atom stereocenters. The lowest BCUT2D eigenvalue weighted by atomic mass is 10.1. The Morgan fingerprint density at radius 2 is 2.12 bits per heavy atom. The van der Waals surface area contributed by atoms with E-state index in [4.69, 9.17) is 0 Å². The molecule has 1 aromatic heterocycles. The van der Waals surface area contributed by atoms with E-state index >= 15 is 0 Å². The van der Waals surface area contributed by atoms with E-state index in [-0.39, 0.29) is 11.9 Å². The van der Waals surface area contributed by atoms with Gasteiger partial charge in [0.05, 0.1) is 12.6 Å². The van der Waals surface area contributed by atoms with Gasteiger partial charge in [0.25, 0.3) is 0 Å². The number of thiophene rings is 1. The molecule has 2 aliphatic rings. The number of amides is 1. The minimum absolute atomic E-state index is 0.181. The minimum Gasteiger partial charge on any atom is -0.339 e. The van der Waals surface area contributed by atoms with Gasteiger partial charge in [0.2, 0.25) is 5.91 Å². The molecule has 1 amide bonds. The van der Waals surface area contributed by atoms with Crippen LogP contribution in [-0.4, -0.2) is 66.4 Å². The van der Waals surface area contributed by atoms with Crippen LogP contribution in [0.15, 0.2) is 17.5 Å². The molecule has 0 radical (unpaired) electrons. The van der Waals surface area contributed by atoms with Crippen LogP contribution < -0.4 is 0 Å². The van der Waals surface area contributed by atoms with Crippen molar-refractivity contribution in [2.24, 2.45) is 5.92 Å². The first kappa shape index (κ1) is 17.4. The summed E-state index contributed by atoms with van der Waals surface area (Å²) in [5.41, 5.74) is 0. The number of carbonyl (C=O) groups excluding carboxylic acids is 1. The molecule has 2 fully saturated rings. The Labute approximate surface area is 148 Å². The fourth-order valence-electron chi connectivity index (χ4n) is 3.40. The molecule has 1 aliphatic carbocycles. The Kier molecular flexibility index (Phi) is 5.54. The predicted octanol–water partition coefficient (Wildman–Crippen LogP) is 2.19. The molecule has 1 aromatic rings. The van der Waals surface area contributed by atoms with Crippen LogP contribution in [0.2, 0.25) is 0 Å². The summed E-state index contributed by atoms with van der Waals surface area (Å²) in [4.78, 5) is 20.0. The first-order chi connectivity index (χ1) is 11.6. The molecule has 1 saturated carbocycles. The van der Waals surface area contributed by atoms with Crippen LogP contribution >= 0.6 is 11.3 Å². The molecule has 6 heteroatoms. The second-order valence-electron chi connectivity index (χ2n) is 6.96. The molecule has 5 nitrogen and oxygen atoms in total. The van der Waals surface area contributed by atoms with Crippen LogP contribution in [0.25, 0.3) is 0 Å². The standard InChI is InChI=1S/C18H26N4OS/c1-14(15-5-6-15)20(2)13-18(23)22-9-7-21(8-10-22)16(12-19)17-4-3-11-24-17/h3-4,11,14-16H,5-10,13H2,1-2H3. The van der Waals surface area contributed by atoms with Crippen molar-refractivity contribution in [2.75, 3.05) is 39.8 Å². The smallest absolute Gasteiger partial charge is 0.236 e. The lowest BCUT2D eigenvalue weighted by molar-refractivity contribution is -0.134. The maximum Gasteiger partial charge on any atom is 0.236 e. The molecule has 3 rings (SSSR count). The van der Waals surface area contributed by atoms with Crippen molar-refractivity contribution in [1.82, 2.24) is 14.7 Å². The van der Waals surface area contributed by atoms with Gasteiger partial charge in [-0.25, -0.2) is 0 Å². The van der Waals surface area contributed by atoms with Gasteiger partial charge < -0.3 is 4.90 Å². The number of likely N-dealkylation sites (N-methyl/N-ethyl adjacent to an activating group) is 1. The average Bonchev–Trinajstić information content (AvgIpc) is 3.31. The second-order valence-corrected chi connectivity index (χ2v) is 7.94. The molecular formula is C18H26N4OS. The third-order valence-electron chi connectivity index (χ3n) is 5.35. The summed E-state index contributed by atoms with van der Waals surface area (Å²) < 4.78 is 0. The molecule has 0 N–H and O–H groups in total. The van der Waals surface area contributed by atoms with Gasteiger partial charge in [0, 0.05) is 37.1 Å². The van der Waals surface area contributed by atoms with Crippen molar-refractivity contribution in [3.8, 4) is 6.07 Å². The van der Waals surface area contributed by atoms with Gasteiger partial charge in [0.1, 0.15) is 6.04 Å². The largest absolute Gasteiger partial charge is 0.339 e. The summed E-state index contributed by atoms with van der Waals surface area (Å²) >= 11 is 1.63. The predicted molar refractivity (Wildman–Crippen MR) is 95.6 cm³/mol. The quantitative estimate of drug-likeness (QED) is 0.792. The van der Waals surface area contributed by atoms with E-state index in [1.165, 1.54) is 12.8 Å². The summed E-state index contributed by atoms with van der Waals surface area (Å²) in [6.07, 6.45) is 2.60. The van der Waals surface area contributed by atoms with Crippen molar-refractivity contribution < 1.29 is 4.79 Å². The van der Waals surface area contributed by atoms with Crippen LogP contribution in [0.3, 0.4) is 0 Å². The number of nitriles is 1. The monoisotopic (exact) mass is 346 g/mol. The Hall–Kier alpha value is -1.42. The topological polar surface area (TPSA) is 50.6 Å². The van der Waals surface area contributed by atoms with Crippen molar-refractivity contribution in [2.45, 2.75) is 31.8 Å². The number of hydrogen-bond acceptors (Lipinski definition) is 5. The third-order valence-corrected chi connectivity index (χ3v) is 6.28. The molecule has 0 aromatic carbocycles. The summed E-state index contributed by atoms with van der Waals surface area (Å²) in [6.45, 7) is 5.70. The molecule has 0 spiro atoms.